The Hall–Kier alpha value is -3.28. The van der Waals surface area contributed by atoms with Gasteiger partial charge in [-0.2, -0.15) is 0 Å². The topological polar surface area (TPSA) is 79.5 Å². The lowest BCUT2D eigenvalue weighted by Gasteiger charge is -2.23. The molecule has 8 heteroatoms. The van der Waals surface area contributed by atoms with Gasteiger partial charge in [-0.05, 0) is 80.9 Å². The summed E-state index contributed by atoms with van der Waals surface area (Å²) in [6, 6.07) is 16.2. The normalized spacial score (nSPS) is 16.1. The third kappa shape index (κ3) is 5.57. The molecule has 2 aromatic heterocycles. The molecule has 1 saturated heterocycles. The first-order valence-corrected chi connectivity index (χ1v) is 16.0. The van der Waals surface area contributed by atoms with E-state index in [0.717, 1.165) is 69.8 Å². The van der Waals surface area contributed by atoms with Crippen molar-refractivity contribution in [2.75, 3.05) is 44.4 Å². The SMILES string of the molecule is CCOc1cccc(Nc2c(C)cnc3[nH]c(-c4ccc(OC5CCN(C)C5)cc4)cc23)c1P(=O)(CC)CC. The van der Waals surface area contributed by atoms with Crippen LogP contribution in [0, 0.1) is 6.92 Å². The molecule has 206 valence electrons. The van der Waals surface area contributed by atoms with Crippen LogP contribution in [-0.2, 0) is 4.57 Å². The number of anilines is 2. The monoisotopic (exact) mass is 546 g/mol. The molecule has 39 heavy (non-hydrogen) atoms. The minimum absolute atomic E-state index is 0.247. The standard InChI is InChI=1S/C31H39N4O3P/c1-6-37-28-11-9-10-26(30(28)39(36,7-2)8-3)33-29-21(4)19-32-31-25(29)18-27(34-31)22-12-14-23(15-13-22)38-24-16-17-35(5)20-24/h9-15,18-19,24H,6-8,16-17,20H2,1-5H3,(H2,32,33,34). The second kappa shape index (κ2) is 11.4. The highest BCUT2D eigenvalue weighted by molar-refractivity contribution is 7.72. The highest BCUT2D eigenvalue weighted by atomic mass is 31.2. The van der Waals surface area contributed by atoms with Gasteiger partial charge in [-0.1, -0.05) is 19.9 Å². The van der Waals surface area contributed by atoms with Gasteiger partial charge in [-0.3, -0.25) is 0 Å². The summed E-state index contributed by atoms with van der Waals surface area (Å²) in [4.78, 5) is 10.4. The summed E-state index contributed by atoms with van der Waals surface area (Å²) in [5.74, 6) is 1.59. The van der Waals surface area contributed by atoms with Gasteiger partial charge in [0.05, 0.1) is 23.3 Å². The Morgan fingerprint density at radius 1 is 1.13 bits per heavy atom. The summed E-state index contributed by atoms with van der Waals surface area (Å²) >= 11 is 0. The molecule has 0 bridgehead atoms. The second-order valence-electron chi connectivity index (χ2n) is 10.3. The smallest absolute Gasteiger partial charge is 0.139 e. The van der Waals surface area contributed by atoms with Crippen molar-refractivity contribution < 1.29 is 14.0 Å². The Morgan fingerprint density at radius 3 is 2.56 bits per heavy atom. The Labute approximate surface area is 231 Å². The van der Waals surface area contributed by atoms with E-state index in [1.165, 1.54) is 0 Å². The third-order valence-electron chi connectivity index (χ3n) is 7.65. The zero-order valence-corrected chi connectivity index (χ0v) is 24.5. The van der Waals surface area contributed by atoms with Gasteiger partial charge in [0.25, 0.3) is 0 Å². The molecule has 0 amide bonds. The number of rotatable bonds is 10. The highest BCUT2D eigenvalue weighted by Gasteiger charge is 2.28. The quantitative estimate of drug-likeness (QED) is 0.213. The van der Waals surface area contributed by atoms with Crippen LogP contribution in [0.1, 0.15) is 32.8 Å². The molecular formula is C31H39N4O3P. The van der Waals surface area contributed by atoms with Gasteiger partial charge >= 0.3 is 0 Å². The van der Waals surface area contributed by atoms with Crippen molar-refractivity contribution in [2.24, 2.45) is 0 Å². The average Bonchev–Trinajstić information content (AvgIpc) is 3.56. The van der Waals surface area contributed by atoms with Gasteiger partial charge in [-0.15, -0.1) is 0 Å². The van der Waals surface area contributed by atoms with Gasteiger partial charge < -0.3 is 29.2 Å². The number of nitrogens with one attached hydrogen (secondary N) is 2. The maximum absolute atomic E-state index is 14.0. The number of nitrogens with zero attached hydrogens (tertiary/aromatic N) is 2. The van der Waals surface area contributed by atoms with E-state index in [1.54, 1.807) is 0 Å². The molecule has 4 aromatic rings. The van der Waals surface area contributed by atoms with E-state index < -0.39 is 7.14 Å². The van der Waals surface area contributed by atoms with E-state index in [1.807, 2.05) is 64.2 Å². The van der Waals surface area contributed by atoms with Crippen LogP contribution in [-0.4, -0.2) is 60.0 Å². The number of aryl methyl sites for hydroxylation is 1. The van der Waals surface area contributed by atoms with Crippen molar-refractivity contribution in [3.8, 4) is 22.8 Å². The summed E-state index contributed by atoms with van der Waals surface area (Å²) in [6.45, 7) is 10.5. The number of aromatic nitrogens is 2. The Morgan fingerprint density at radius 2 is 1.90 bits per heavy atom. The van der Waals surface area contributed by atoms with Crippen molar-refractivity contribution in [3.05, 3.63) is 60.3 Å². The number of likely N-dealkylation sites (tertiary alicyclic amines) is 1. The lowest BCUT2D eigenvalue weighted by molar-refractivity contribution is 0.208. The molecule has 3 heterocycles. The number of H-pyrrole nitrogens is 1. The first kappa shape index (κ1) is 27.3. The summed E-state index contributed by atoms with van der Waals surface area (Å²) in [5, 5.41) is 5.41. The molecule has 1 atom stereocenters. The molecule has 0 spiro atoms. The number of benzene rings is 2. The second-order valence-corrected chi connectivity index (χ2v) is 13.8. The minimum atomic E-state index is -2.64. The summed E-state index contributed by atoms with van der Waals surface area (Å²) in [5.41, 5.74) is 5.62. The average molecular weight is 547 g/mol. The van der Waals surface area contributed by atoms with Gasteiger partial charge in [-0.25, -0.2) is 4.98 Å². The van der Waals surface area contributed by atoms with Crippen molar-refractivity contribution in [3.63, 3.8) is 0 Å². The Kier molecular flexibility index (Phi) is 8.01. The maximum Gasteiger partial charge on any atom is 0.139 e. The number of aromatic amines is 1. The molecule has 1 aliphatic rings. The molecular weight excluding hydrogens is 507 g/mol. The van der Waals surface area contributed by atoms with E-state index in [2.05, 4.69) is 45.4 Å². The van der Waals surface area contributed by atoms with E-state index in [-0.39, 0.29) is 6.10 Å². The largest absolute Gasteiger partial charge is 0.493 e. The van der Waals surface area contributed by atoms with E-state index >= 15 is 0 Å². The predicted molar refractivity (Wildman–Crippen MR) is 162 cm³/mol. The van der Waals surface area contributed by atoms with Gasteiger partial charge in [0.2, 0.25) is 0 Å². The minimum Gasteiger partial charge on any atom is -0.493 e. The number of hydrogen-bond donors (Lipinski definition) is 2. The number of hydrogen-bond acceptors (Lipinski definition) is 6. The molecule has 1 aliphatic heterocycles. The van der Waals surface area contributed by atoms with E-state index in [4.69, 9.17) is 9.47 Å². The van der Waals surface area contributed by atoms with Crippen LogP contribution in [0.25, 0.3) is 22.3 Å². The predicted octanol–water partition coefficient (Wildman–Crippen LogP) is 6.79. The number of pyridine rings is 1. The van der Waals surface area contributed by atoms with Crippen molar-refractivity contribution in [2.45, 2.75) is 40.2 Å². The third-order valence-corrected chi connectivity index (χ3v) is 11.0. The van der Waals surface area contributed by atoms with Gasteiger partial charge in [0, 0.05) is 42.7 Å². The van der Waals surface area contributed by atoms with Crippen LogP contribution in [0.4, 0.5) is 11.4 Å². The number of ether oxygens (including phenoxy) is 2. The van der Waals surface area contributed by atoms with Gasteiger partial charge in [0.15, 0.2) is 0 Å². The van der Waals surface area contributed by atoms with Crippen molar-refractivity contribution in [1.82, 2.24) is 14.9 Å². The fraction of sp³-hybridized carbons (Fsp3) is 0.387. The first-order valence-electron chi connectivity index (χ1n) is 13.9. The Bertz CT molecular complexity index is 1490. The lowest BCUT2D eigenvalue weighted by atomic mass is 10.1. The zero-order chi connectivity index (χ0) is 27.6. The number of fused-ring (bicyclic) bond motifs is 1. The zero-order valence-electron chi connectivity index (χ0n) is 23.6. The lowest BCUT2D eigenvalue weighted by Crippen LogP contribution is -2.21. The highest BCUT2D eigenvalue weighted by Crippen LogP contribution is 2.49. The summed E-state index contributed by atoms with van der Waals surface area (Å²) < 4.78 is 26.1. The van der Waals surface area contributed by atoms with Crippen LogP contribution in [0.15, 0.2) is 54.7 Å². The van der Waals surface area contributed by atoms with Crippen molar-refractivity contribution >= 4 is 34.9 Å². The molecule has 0 saturated carbocycles. The first-order chi connectivity index (χ1) is 18.8. The van der Waals surface area contributed by atoms with Crippen LogP contribution < -0.4 is 20.1 Å². The van der Waals surface area contributed by atoms with E-state index in [0.29, 0.717) is 24.7 Å². The molecule has 2 N–H and O–H groups in total. The van der Waals surface area contributed by atoms with Crippen LogP contribution >= 0.6 is 7.14 Å². The summed E-state index contributed by atoms with van der Waals surface area (Å²) in [7, 11) is -0.510. The molecule has 1 unspecified atom stereocenters. The van der Waals surface area contributed by atoms with Crippen molar-refractivity contribution in [1.29, 1.82) is 0 Å². The molecule has 7 nitrogen and oxygen atoms in total. The maximum atomic E-state index is 14.0. The molecule has 1 fully saturated rings. The van der Waals surface area contributed by atoms with Crippen LogP contribution in [0.3, 0.4) is 0 Å². The van der Waals surface area contributed by atoms with E-state index in [9.17, 15) is 4.57 Å². The van der Waals surface area contributed by atoms with Crippen LogP contribution in [0.5, 0.6) is 11.5 Å². The van der Waals surface area contributed by atoms with Crippen LogP contribution in [0.2, 0.25) is 0 Å². The molecule has 2 aromatic carbocycles. The molecule has 0 aliphatic carbocycles. The summed E-state index contributed by atoms with van der Waals surface area (Å²) in [6.07, 6.45) is 4.34. The van der Waals surface area contributed by atoms with Gasteiger partial charge in [0.1, 0.15) is 30.4 Å². The fourth-order valence-corrected chi connectivity index (χ4v) is 7.57. The Balaban J connectivity index is 1.49. The number of likely N-dealkylation sites (N-methyl/N-ethyl adjacent to an activating group) is 1. The fourth-order valence-electron chi connectivity index (χ4n) is 5.38. The molecule has 0 radical (unpaired) electrons. The molecule has 5 rings (SSSR count).